The summed E-state index contributed by atoms with van der Waals surface area (Å²) < 4.78 is 0. The van der Waals surface area contributed by atoms with Crippen molar-refractivity contribution in [1.82, 2.24) is 4.90 Å². The van der Waals surface area contributed by atoms with Crippen molar-refractivity contribution < 1.29 is 9.59 Å². The summed E-state index contributed by atoms with van der Waals surface area (Å²) in [6, 6.07) is 13.2. The molecule has 1 aliphatic carbocycles. The third-order valence-corrected chi connectivity index (χ3v) is 4.32. The lowest BCUT2D eigenvalue weighted by atomic mass is 9.76. The minimum atomic E-state index is -0.461. The third-order valence-electron chi connectivity index (χ3n) is 4.32. The van der Waals surface area contributed by atoms with Crippen LogP contribution in [0.15, 0.2) is 42.5 Å². The summed E-state index contributed by atoms with van der Waals surface area (Å²) in [6.07, 6.45) is 0.381. The van der Waals surface area contributed by atoms with Crippen molar-refractivity contribution in [1.29, 1.82) is 0 Å². The second-order valence-electron chi connectivity index (χ2n) is 5.37. The van der Waals surface area contributed by atoms with Crippen molar-refractivity contribution in [2.45, 2.75) is 12.5 Å². The normalized spacial score (nSPS) is 19.6. The van der Waals surface area contributed by atoms with Crippen LogP contribution in [0, 0.1) is 0 Å². The highest BCUT2D eigenvalue weighted by atomic mass is 16.2. The quantitative estimate of drug-likeness (QED) is 0.732. The summed E-state index contributed by atoms with van der Waals surface area (Å²) in [6.45, 7) is 0. The number of hydrogen-bond donors (Lipinski definition) is 0. The minimum absolute atomic E-state index is 0.00683. The lowest BCUT2D eigenvalue weighted by Crippen LogP contribution is -2.42. The van der Waals surface area contributed by atoms with Gasteiger partial charge < -0.3 is 4.90 Å². The number of ketones is 1. The van der Waals surface area contributed by atoms with Gasteiger partial charge in [0.05, 0.1) is 6.42 Å². The maximum atomic E-state index is 12.8. The van der Waals surface area contributed by atoms with E-state index in [1.807, 2.05) is 42.5 Å². The molecule has 0 fully saturated rings. The molecular weight excluding hydrogens is 250 g/mol. The van der Waals surface area contributed by atoms with Gasteiger partial charge >= 0.3 is 0 Å². The Balaban J connectivity index is 2.10. The van der Waals surface area contributed by atoms with E-state index in [9.17, 15) is 9.59 Å². The highest BCUT2D eigenvalue weighted by molar-refractivity contribution is 6.12. The van der Waals surface area contributed by atoms with Crippen LogP contribution in [0.5, 0.6) is 0 Å². The fraction of sp³-hybridized carbons (Fsp3) is 0.176. The first-order valence-electron chi connectivity index (χ1n) is 6.69. The molecule has 0 spiro atoms. The second kappa shape index (κ2) is 3.79. The van der Waals surface area contributed by atoms with Crippen LogP contribution >= 0.6 is 0 Å². The molecule has 0 bridgehead atoms. The summed E-state index contributed by atoms with van der Waals surface area (Å²) in [5.41, 5.74) is 4.77. The van der Waals surface area contributed by atoms with E-state index in [1.165, 1.54) is 0 Å². The summed E-state index contributed by atoms with van der Waals surface area (Å²) in [5.74, 6) is 0.0310. The van der Waals surface area contributed by atoms with Crippen LogP contribution in [-0.2, 0) is 11.2 Å². The second-order valence-corrected chi connectivity index (χ2v) is 5.37. The van der Waals surface area contributed by atoms with Gasteiger partial charge in [-0.25, -0.2) is 0 Å². The van der Waals surface area contributed by atoms with E-state index in [0.29, 0.717) is 12.0 Å². The summed E-state index contributed by atoms with van der Waals surface area (Å²) in [7, 11) is 1.72. The summed E-state index contributed by atoms with van der Waals surface area (Å²) in [4.78, 5) is 26.4. The van der Waals surface area contributed by atoms with Gasteiger partial charge in [-0.15, -0.1) is 0 Å². The van der Waals surface area contributed by atoms with Crippen LogP contribution in [0.2, 0.25) is 0 Å². The lowest BCUT2D eigenvalue weighted by Gasteiger charge is -2.38. The zero-order chi connectivity index (χ0) is 13.9. The average molecular weight is 263 g/mol. The van der Waals surface area contributed by atoms with Gasteiger partial charge in [0, 0.05) is 12.6 Å². The van der Waals surface area contributed by atoms with E-state index < -0.39 is 6.04 Å². The van der Waals surface area contributed by atoms with Crippen molar-refractivity contribution in [2.24, 2.45) is 0 Å². The number of Topliss-reactive ketones (excluding diaryl/α,β-unsaturated/α-hetero) is 1. The van der Waals surface area contributed by atoms with E-state index in [2.05, 4.69) is 0 Å². The van der Waals surface area contributed by atoms with Crippen LogP contribution in [0.3, 0.4) is 0 Å². The van der Waals surface area contributed by atoms with Gasteiger partial charge in [0.15, 0.2) is 5.78 Å². The van der Waals surface area contributed by atoms with Crippen molar-refractivity contribution in [3.63, 3.8) is 0 Å². The number of hydrogen-bond acceptors (Lipinski definition) is 2. The molecule has 2 aromatic rings. The van der Waals surface area contributed by atoms with Crippen LogP contribution in [0.4, 0.5) is 0 Å². The number of rotatable bonds is 0. The molecule has 3 heteroatoms. The van der Waals surface area contributed by atoms with E-state index in [-0.39, 0.29) is 11.7 Å². The average Bonchev–Trinajstić information content (AvgIpc) is 2.47. The lowest BCUT2D eigenvalue weighted by molar-refractivity contribution is -0.131. The highest BCUT2D eigenvalue weighted by Crippen LogP contribution is 2.44. The standard InChI is InChI=1S/C17H13NO2/c1-18-14(19)9-10-5-4-8-12-11-6-2-3-7-13(11)17(20)16(18)15(10)12/h2-8,16H,9H2,1H3. The number of fused-ring (bicyclic) bond motifs is 2. The Bertz CT molecular complexity index is 763. The molecule has 1 aliphatic heterocycles. The number of carbonyl (C=O) groups is 2. The molecule has 20 heavy (non-hydrogen) atoms. The molecule has 1 unspecified atom stereocenters. The fourth-order valence-corrected chi connectivity index (χ4v) is 3.34. The molecule has 0 N–H and O–H groups in total. The van der Waals surface area contributed by atoms with E-state index in [0.717, 1.165) is 22.3 Å². The molecule has 4 rings (SSSR count). The Labute approximate surface area is 116 Å². The van der Waals surface area contributed by atoms with Crippen LogP contribution < -0.4 is 0 Å². The van der Waals surface area contributed by atoms with Crippen molar-refractivity contribution in [3.8, 4) is 11.1 Å². The van der Waals surface area contributed by atoms with Gasteiger partial charge in [0.1, 0.15) is 6.04 Å². The monoisotopic (exact) mass is 263 g/mol. The number of benzene rings is 2. The zero-order valence-electron chi connectivity index (χ0n) is 11.1. The van der Waals surface area contributed by atoms with Gasteiger partial charge in [-0.05, 0) is 22.3 Å². The van der Waals surface area contributed by atoms with E-state index in [1.54, 1.807) is 11.9 Å². The van der Waals surface area contributed by atoms with Gasteiger partial charge in [-0.1, -0.05) is 42.5 Å². The molecule has 1 atom stereocenters. The first-order valence-corrected chi connectivity index (χ1v) is 6.69. The maximum Gasteiger partial charge on any atom is 0.227 e. The van der Waals surface area contributed by atoms with Crippen molar-refractivity contribution in [2.75, 3.05) is 7.05 Å². The van der Waals surface area contributed by atoms with Gasteiger partial charge in [0.25, 0.3) is 0 Å². The minimum Gasteiger partial charge on any atom is -0.331 e. The molecule has 0 saturated heterocycles. The topological polar surface area (TPSA) is 37.4 Å². The van der Waals surface area contributed by atoms with Gasteiger partial charge in [-0.3, -0.25) is 9.59 Å². The van der Waals surface area contributed by atoms with E-state index in [4.69, 9.17) is 0 Å². The molecule has 0 saturated carbocycles. The van der Waals surface area contributed by atoms with Crippen LogP contribution in [0.25, 0.3) is 11.1 Å². The Hall–Kier alpha value is -2.42. The van der Waals surface area contributed by atoms with Crippen molar-refractivity contribution >= 4 is 11.7 Å². The molecule has 0 radical (unpaired) electrons. The summed E-state index contributed by atoms with van der Waals surface area (Å²) >= 11 is 0. The van der Waals surface area contributed by atoms with Crippen LogP contribution in [-0.4, -0.2) is 23.6 Å². The molecule has 3 nitrogen and oxygen atoms in total. The maximum absolute atomic E-state index is 12.8. The fourth-order valence-electron chi connectivity index (χ4n) is 3.34. The van der Waals surface area contributed by atoms with E-state index >= 15 is 0 Å². The predicted octanol–water partition coefficient (Wildman–Crippen LogP) is 2.61. The molecule has 1 amide bonds. The van der Waals surface area contributed by atoms with Gasteiger partial charge in [0.2, 0.25) is 5.91 Å². The molecule has 2 aliphatic rings. The van der Waals surface area contributed by atoms with Crippen LogP contribution in [0.1, 0.15) is 27.5 Å². The Morgan fingerprint density at radius 2 is 1.65 bits per heavy atom. The Morgan fingerprint density at radius 1 is 0.950 bits per heavy atom. The Kier molecular flexibility index (Phi) is 2.16. The number of nitrogens with zero attached hydrogens (tertiary/aromatic N) is 1. The Morgan fingerprint density at radius 3 is 2.45 bits per heavy atom. The first kappa shape index (κ1) is 11.4. The molecule has 98 valence electrons. The van der Waals surface area contributed by atoms with Crippen molar-refractivity contribution in [3.05, 3.63) is 59.2 Å². The smallest absolute Gasteiger partial charge is 0.227 e. The zero-order valence-corrected chi connectivity index (χ0v) is 11.1. The highest BCUT2D eigenvalue weighted by Gasteiger charge is 2.40. The first-order chi connectivity index (χ1) is 9.68. The predicted molar refractivity (Wildman–Crippen MR) is 75.4 cm³/mol. The largest absolute Gasteiger partial charge is 0.331 e. The molecule has 1 heterocycles. The molecular formula is C17H13NO2. The molecule has 2 aromatic carbocycles. The number of amides is 1. The SMILES string of the molecule is CN1C(=O)Cc2cccc3c2C1C(=O)c1ccccc1-3. The number of carbonyl (C=O) groups excluding carboxylic acids is 2. The summed E-state index contributed by atoms with van der Waals surface area (Å²) in [5, 5.41) is 0. The van der Waals surface area contributed by atoms with Gasteiger partial charge in [-0.2, -0.15) is 0 Å². The number of likely N-dealkylation sites (N-methyl/N-ethyl adjacent to an activating group) is 1. The third kappa shape index (κ3) is 1.29. The molecule has 0 aromatic heterocycles.